The van der Waals surface area contributed by atoms with Crippen molar-refractivity contribution >= 4 is 40.4 Å². The van der Waals surface area contributed by atoms with Crippen LogP contribution < -0.4 is 9.47 Å². The lowest BCUT2D eigenvalue weighted by atomic mass is 9.97. The zero-order valence-electron chi connectivity index (χ0n) is 18.0. The summed E-state index contributed by atoms with van der Waals surface area (Å²) in [5.74, 6) is -1.15. The molecule has 170 valence electrons. The summed E-state index contributed by atoms with van der Waals surface area (Å²) < 4.78 is 16.4. The van der Waals surface area contributed by atoms with Gasteiger partial charge in [0.1, 0.15) is 17.3 Å². The van der Waals surface area contributed by atoms with Crippen LogP contribution in [0.25, 0.3) is 5.76 Å². The number of ether oxygens (including phenoxy) is 3. The quantitative estimate of drug-likeness (QED) is 0.378. The molecule has 1 aromatic carbocycles. The standard InChI is InChI=1S/C23H24ClNO6S/c1-12-6-8-32-22(12)19-18(21(27)23(28)25(19)11-13-5-4-7-31-13)20(26)14-9-17(30-3)15(24)10-16(14)29-2/h6,8-10,13,19,26H,4-5,7,11H2,1-3H3/b20-18+. The normalized spacial score (nSPS) is 22.6. The number of halogens is 1. The van der Waals surface area contributed by atoms with Crippen molar-refractivity contribution < 1.29 is 28.9 Å². The molecule has 1 amide bonds. The molecule has 0 aliphatic carbocycles. The highest BCUT2D eigenvalue weighted by Gasteiger charge is 2.48. The molecule has 0 radical (unpaired) electrons. The summed E-state index contributed by atoms with van der Waals surface area (Å²) >= 11 is 7.64. The van der Waals surface area contributed by atoms with Crippen LogP contribution in [0.1, 0.15) is 34.9 Å². The smallest absolute Gasteiger partial charge is 0.295 e. The van der Waals surface area contributed by atoms with Crippen molar-refractivity contribution in [3.63, 3.8) is 0 Å². The second-order valence-corrected chi connectivity index (χ2v) is 9.10. The number of Topliss-reactive ketones (excluding diaryl/α,β-unsaturated/α-hetero) is 1. The van der Waals surface area contributed by atoms with Gasteiger partial charge in [-0.25, -0.2) is 0 Å². The number of amides is 1. The summed E-state index contributed by atoms with van der Waals surface area (Å²) in [6.07, 6.45) is 1.60. The molecule has 0 saturated carbocycles. The number of nitrogens with zero attached hydrogens (tertiary/aromatic N) is 1. The number of rotatable bonds is 6. The number of aliphatic hydroxyl groups is 1. The molecule has 2 atom stereocenters. The van der Waals surface area contributed by atoms with Crippen LogP contribution >= 0.6 is 22.9 Å². The molecule has 1 N–H and O–H groups in total. The summed E-state index contributed by atoms with van der Waals surface area (Å²) in [5.41, 5.74) is 1.18. The van der Waals surface area contributed by atoms with E-state index in [1.807, 2.05) is 18.4 Å². The number of aryl methyl sites for hydroxylation is 1. The van der Waals surface area contributed by atoms with E-state index in [-0.39, 0.29) is 35.3 Å². The first-order valence-electron chi connectivity index (χ1n) is 10.2. The molecular formula is C23H24ClNO6S. The highest BCUT2D eigenvalue weighted by Crippen LogP contribution is 2.45. The van der Waals surface area contributed by atoms with Gasteiger partial charge in [0.05, 0.1) is 42.5 Å². The highest BCUT2D eigenvalue weighted by atomic mass is 35.5. The largest absolute Gasteiger partial charge is 0.507 e. The molecule has 1 aromatic heterocycles. The van der Waals surface area contributed by atoms with Gasteiger partial charge in [0, 0.05) is 24.1 Å². The third kappa shape index (κ3) is 3.87. The monoisotopic (exact) mass is 477 g/mol. The number of thiophene rings is 1. The van der Waals surface area contributed by atoms with Crippen LogP contribution in [0.3, 0.4) is 0 Å². The van der Waals surface area contributed by atoms with E-state index in [1.165, 1.54) is 42.6 Å². The van der Waals surface area contributed by atoms with E-state index >= 15 is 0 Å². The Bertz CT molecular complexity index is 1090. The summed E-state index contributed by atoms with van der Waals surface area (Å²) in [4.78, 5) is 28.6. The van der Waals surface area contributed by atoms with Gasteiger partial charge < -0.3 is 24.2 Å². The van der Waals surface area contributed by atoms with Gasteiger partial charge in [-0.1, -0.05) is 11.6 Å². The van der Waals surface area contributed by atoms with E-state index in [0.717, 1.165) is 23.3 Å². The van der Waals surface area contributed by atoms with Gasteiger partial charge in [-0.05, 0) is 42.8 Å². The first-order valence-corrected chi connectivity index (χ1v) is 11.5. The van der Waals surface area contributed by atoms with Crippen molar-refractivity contribution in [1.82, 2.24) is 4.90 Å². The van der Waals surface area contributed by atoms with Crippen LogP contribution in [-0.4, -0.2) is 55.2 Å². The molecule has 3 heterocycles. The van der Waals surface area contributed by atoms with Crippen molar-refractivity contribution in [2.75, 3.05) is 27.4 Å². The van der Waals surface area contributed by atoms with Gasteiger partial charge in [-0.15, -0.1) is 11.3 Å². The topological polar surface area (TPSA) is 85.3 Å². The van der Waals surface area contributed by atoms with Crippen LogP contribution in [0.15, 0.2) is 29.2 Å². The van der Waals surface area contributed by atoms with E-state index in [9.17, 15) is 14.7 Å². The van der Waals surface area contributed by atoms with Crippen molar-refractivity contribution in [2.24, 2.45) is 0 Å². The summed E-state index contributed by atoms with van der Waals surface area (Å²) in [5, 5.41) is 13.5. The predicted octanol–water partition coefficient (Wildman–Crippen LogP) is 4.33. The molecule has 0 bridgehead atoms. The lowest BCUT2D eigenvalue weighted by Crippen LogP contribution is -2.36. The molecule has 2 unspecified atom stereocenters. The number of likely N-dealkylation sites (tertiary alicyclic amines) is 1. The number of hydrogen-bond donors (Lipinski definition) is 1. The van der Waals surface area contributed by atoms with Gasteiger partial charge in [0.2, 0.25) is 0 Å². The number of hydrogen-bond acceptors (Lipinski definition) is 7. The van der Waals surface area contributed by atoms with Crippen molar-refractivity contribution in [3.05, 3.63) is 50.2 Å². The minimum Gasteiger partial charge on any atom is -0.507 e. The third-order valence-electron chi connectivity index (χ3n) is 5.84. The van der Waals surface area contributed by atoms with Gasteiger partial charge in [-0.3, -0.25) is 9.59 Å². The van der Waals surface area contributed by atoms with Crippen LogP contribution in [0, 0.1) is 6.92 Å². The molecule has 2 aliphatic rings. The van der Waals surface area contributed by atoms with Gasteiger partial charge >= 0.3 is 0 Å². The second-order valence-electron chi connectivity index (χ2n) is 7.74. The fourth-order valence-electron chi connectivity index (χ4n) is 4.20. The van der Waals surface area contributed by atoms with Crippen LogP contribution in [0.4, 0.5) is 0 Å². The number of methoxy groups -OCH3 is 2. The fraction of sp³-hybridized carbons (Fsp3) is 0.391. The first-order chi connectivity index (χ1) is 15.4. The summed E-state index contributed by atoms with van der Waals surface area (Å²) in [6.45, 7) is 2.84. The van der Waals surface area contributed by atoms with Gasteiger partial charge in [0.25, 0.3) is 11.7 Å². The number of ketones is 1. The minimum atomic E-state index is -0.741. The van der Waals surface area contributed by atoms with E-state index in [2.05, 4.69) is 0 Å². The Hall–Kier alpha value is -2.55. The van der Waals surface area contributed by atoms with E-state index in [4.69, 9.17) is 25.8 Å². The van der Waals surface area contributed by atoms with Crippen molar-refractivity contribution in [1.29, 1.82) is 0 Å². The molecular weight excluding hydrogens is 454 g/mol. The predicted molar refractivity (Wildman–Crippen MR) is 122 cm³/mol. The Morgan fingerprint density at radius 1 is 1.28 bits per heavy atom. The Labute approximate surface area is 195 Å². The fourth-order valence-corrected chi connectivity index (χ4v) is 5.48. The SMILES string of the molecule is COc1cc(/C(O)=C2\C(=O)C(=O)N(CC3CCCO3)C2c2sccc2C)c(OC)cc1Cl. The van der Waals surface area contributed by atoms with Crippen LogP contribution in [-0.2, 0) is 14.3 Å². The first kappa shape index (κ1) is 22.6. The Kier molecular flexibility index (Phi) is 6.46. The lowest BCUT2D eigenvalue weighted by Gasteiger charge is -2.27. The van der Waals surface area contributed by atoms with E-state index in [0.29, 0.717) is 17.4 Å². The number of carbonyl (C=O) groups is 2. The van der Waals surface area contributed by atoms with Crippen molar-refractivity contribution in [3.8, 4) is 11.5 Å². The molecule has 32 heavy (non-hydrogen) atoms. The lowest BCUT2D eigenvalue weighted by molar-refractivity contribution is -0.140. The molecule has 9 heteroatoms. The van der Waals surface area contributed by atoms with Gasteiger partial charge in [-0.2, -0.15) is 0 Å². The molecule has 2 fully saturated rings. The molecule has 2 aromatic rings. The molecule has 7 nitrogen and oxygen atoms in total. The summed E-state index contributed by atoms with van der Waals surface area (Å²) in [6, 6.07) is 4.22. The van der Waals surface area contributed by atoms with Crippen LogP contribution in [0.2, 0.25) is 5.02 Å². The molecule has 4 rings (SSSR count). The average molecular weight is 478 g/mol. The van der Waals surface area contributed by atoms with Crippen LogP contribution in [0.5, 0.6) is 11.5 Å². The van der Waals surface area contributed by atoms with E-state index < -0.39 is 17.7 Å². The Balaban J connectivity index is 1.89. The zero-order chi connectivity index (χ0) is 23.0. The van der Waals surface area contributed by atoms with Crippen molar-refractivity contribution in [2.45, 2.75) is 31.9 Å². The molecule has 2 aliphatic heterocycles. The number of benzene rings is 1. The number of aliphatic hydroxyl groups excluding tert-OH is 1. The number of carbonyl (C=O) groups excluding carboxylic acids is 2. The Morgan fingerprint density at radius 3 is 2.62 bits per heavy atom. The maximum absolute atomic E-state index is 13.2. The highest BCUT2D eigenvalue weighted by molar-refractivity contribution is 7.10. The zero-order valence-corrected chi connectivity index (χ0v) is 19.6. The second kappa shape index (κ2) is 9.13. The average Bonchev–Trinajstić information content (AvgIpc) is 3.50. The molecule has 2 saturated heterocycles. The Morgan fingerprint density at radius 2 is 2.03 bits per heavy atom. The van der Waals surface area contributed by atoms with E-state index in [1.54, 1.807) is 0 Å². The summed E-state index contributed by atoms with van der Waals surface area (Å²) in [7, 11) is 2.89. The minimum absolute atomic E-state index is 0.0150. The maximum atomic E-state index is 13.2. The van der Waals surface area contributed by atoms with Gasteiger partial charge in [0.15, 0.2) is 0 Å². The molecule has 0 spiro atoms. The third-order valence-corrected chi connectivity index (χ3v) is 7.21. The maximum Gasteiger partial charge on any atom is 0.295 e.